The van der Waals surface area contributed by atoms with Crippen LogP contribution in [0.25, 0.3) is 11.0 Å². The molecule has 0 radical (unpaired) electrons. The lowest BCUT2D eigenvalue weighted by Crippen LogP contribution is -2.26. The lowest BCUT2D eigenvalue weighted by Gasteiger charge is -2.18. The first-order valence-corrected chi connectivity index (χ1v) is 7.55. The monoisotopic (exact) mass is 283 g/mol. The van der Waals surface area contributed by atoms with Crippen LogP contribution in [0.15, 0.2) is 47.3 Å². The fraction of sp³-hybridized carbons (Fsp3) is 0.353. The van der Waals surface area contributed by atoms with Gasteiger partial charge in [-0.25, -0.2) is 4.98 Å². The van der Waals surface area contributed by atoms with E-state index >= 15 is 0 Å². The third kappa shape index (κ3) is 2.59. The van der Waals surface area contributed by atoms with Gasteiger partial charge in [-0.15, -0.1) is 0 Å². The number of benzene rings is 1. The van der Waals surface area contributed by atoms with Gasteiger partial charge in [-0.2, -0.15) is 0 Å². The average molecular weight is 283 g/mol. The number of aryl methyl sites for hydroxylation is 1. The highest BCUT2D eigenvalue weighted by Crippen LogP contribution is 2.30. The number of imidazole rings is 1. The number of nitrogens with zero attached hydrogens (tertiary/aromatic N) is 2. The molecule has 0 saturated heterocycles. The minimum atomic E-state index is 0.0588. The van der Waals surface area contributed by atoms with E-state index < -0.39 is 0 Å². The Morgan fingerprint density at radius 3 is 2.95 bits per heavy atom. The van der Waals surface area contributed by atoms with Crippen molar-refractivity contribution in [2.45, 2.75) is 32.9 Å². The molecule has 0 fully saturated rings. The summed E-state index contributed by atoms with van der Waals surface area (Å²) in [6.45, 7) is 6.16. The van der Waals surface area contributed by atoms with Crippen molar-refractivity contribution in [2.24, 2.45) is 0 Å². The second-order valence-corrected chi connectivity index (χ2v) is 5.15. The first-order valence-electron chi connectivity index (χ1n) is 7.55. The van der Waals surface area contributed by atoms with Crippen LogP contribution in [-0.4, -0.2) is 16.1 Å². The van der Waals surface area contributed by atoms with Crippen molar-refractivity contribution in [3.05, 3.63) is 54.3 Å². The number of rotatable bonds is 6. The highest BCUT2D eigenvalue weighted by Gasteiger charge is 2.22. The van der Waals surface area contributed by atoms with Gasteiger partial charge in [0.1, 0.15) is 11.4 Å². The number of para-hydroxylation sites is 1. The van der Waals surface area contributed by atoms with Crippen LogP contribution in [0.1, 0.15) is 37.7 Å². The molecule has 0 spiro atoms. The van der Waals surface area contributed by atoms with Crippen LogP contribution in [0.5, 0.6) is 0 Å². The molecule has 0 saturated carbocycles. The molecule has 3 rings (SSSR count). The Morgan fingerprint density at radius 1 is 1.29 bits per heavy atom. The molecular weight excluding hydrogens is 262 g/mol. The number of hydrogen-bond acceptors (Lipinski definition) is 3. The normalized spacial score (nSPS) is 12.9. The Bertz CT molecular complexity index is 713. The maximum atomic E-state index is 5.70. The summed E-state index contributed by atoms with van der Waals surface area (Å²) < 4.78 is 7.88. The molecule has 4 heteroatoms. The lowest BCUT2D eigenvalue weighted by molar-refractivity contribution is 0.531. The van der Waals surface area contributed by atoms with Crippen molar-refractivity contribution in [2.75, 3.05) is 6.54 Å². The van der Waals surface area contributed by atoms with Gasteiger partial charge in [0.05, 0.1) is 12.3 Å². The van der Waals surface area contributed by atoms with Gasteiger partial charge in [0.2, 0.25) is 0 Å². The van der Waals surface area contributed by atoms with E-state index in [1.807, 2.05) is 36.9 Å². The molecule has 2 aromatic heterocycles. The van der Waals surface area contributed by atoms with Gasteiger partial charge in [0.15, 0.2) is 0 Å². The molecule has 0 aliphatic rings. The van der Waals surface area contributed by atoms with Gasteiger partial charge in [-0.3, -0.25) is 0 Å². The lowest BCUT2D eigenvalue weighted by atomic mass is 10.0. The summed E-state index contributed by atoms with van der Waals surface area (Å²) in [5.41, 5.74) is 2.07. The summed E-state index contributed by atoms with van der Waals surface area (Å²) in [5.74, 6) is 1.04. The minimum absolute atomic E-state index is 0.0588. The summed E-state index contributed by atoms with van der Waals surface area (Å²) in [4.78, 5) is 4.56. The van der Waals surface area contributed by atoms with E-state index in [1.165, 1.54) is 0 Å². The Balaban J connectivity index is 2.07. The largest absolute Gasteiger partial charge is 0.464 e. The third-order valence-electron chi connectivity index (χ3n) is 3.77. The average Bonchev–Trinajstić information content (AvgIpc) is 3.15. The first-order chi connectivity index (χ1) is 10.3. The zero-order chi connectivity index (χ0) is 14.7. The van der Waals surface area contributed by atoms with Crippen LogP contribution >= 0.6 is 0 Å². The molecule has 110 valence electrons. The number of furan rings is 1. The fourth-order valence-electron chi connectivity index (χ4n) is 2.70. The molecule has 0 amide bonds. The van der Waals surface area contributed by atoms with E-state index in [-0.39, 0.29) is 6.04 Å². The van der Waals surface area contributed by atoms with E-state index in [1.54, 1.807) is 0 Å². The fourth-order valence-corrected chi connectivity index (χ4v) is 2.70. The Hall–Kier alpha value is -2.07. The van der Waals surface area contributed by atoms with E-state index in [0.717, 1.165) is 41.9 Å². The highest BCUT2D eigenvalue weighted by molar-refractivity contribution is 5.81. The predicted molar refractivity (Wildman–Crippen MR) is 84.3 cm³/mol. The van der Waals surface area contributed by atoms with Crippen molar-refractivity contribution in [3.8, 4) is 0 Å². The van der Waals surface area contributed by atoms with Gasteiger partial charge in [0.25, 0.3) is 0 Å². The molecule has 1 N–H and O–H groups in total. The number of nitrogens with one attached hydrogen (secondary N) is 1. The Morgan fingerprint density at radius 2 is 2.14 bits per heavy atom. The summed E-state index contributed by atoms with van der Waals surface area (Å²) in [6, 6.07) is 8.21. The first kappa shape index (κ1) is 13.9. The molecule has 0 aliphatic heterocycles. The predicted octanol–water partition coefficient (Wildman–Crippen LogP) is 3.74. The van der Waals surface area contributed by atoms with E-state index in [9.17, 15) is 0 Å². The maximum absolute atomic E-state index is 5.70. The quantitative estimate of drug-likeness (QED) is 0.749. The van der Waals surface area contributed by atoms with Crippen LogP contribution in [0.2, 0.25) is 0 Å². The molecule has 1 unspecified atom stereocenters. The third-order valence-corrected chi connectivity index (χ3v) is 3.77. The van der Waals surface area contributed by atoms with Crippen LogP contribution < -0.4 is 5.32 Å². The summed E-state index contributed by atoms with van der Waals surface area (Å²) in [5, 5.41) is 4.75. The second-order valence-electron chi connectivity index (χ2n) is 5.15. The molecule has 1 aromatic carbocycles. The zero-order valence-electron chi connectivity index (χ0n) is 12.5. The molecular formula is C17H21N3O. The van der Waals surface area contributed by atoms with Crippen molar-refractivity contribution in [3.63, 3.8) is 0 Å². The molecule has 21 heavy (non-hydrogen) atoms. The van der Waals surface area contributed by atoms with Crippen molar-refractivity contribution >= 4 is 11.0 Å². The van der Waals surface area contributed by atoms with Crippen LogP contribution in [0, 0.1) is 0 Å². The summed E-state index contributed by atoms with van der Waals surface area (Å²) in [7, 11) is 0. The molecule has 1 atom stereocenters. The summed E-state index contributed by atoms with van der Waals surface area (Å²) >= 11 is 0. The standard InChI is InChI=1S/C17H21N3O/c1-3-9-18-16(17-19-10-11-20(17)4-2)14-12-21-15-8-6-5-7-13(14)15/h5-8,10-12,16,18H,3-4,9H2,1-2H3. The van der Waals surface area contributed by atoms with Crippen molar-refractivity contribution < 1.29 is 4.42 Å². The van der Waals surface area contributed by atoms with Gasteiger partial charge >= 0.3 is 0 Å². The number of fused-ring (bicyclic) bond motifs is 1. The van der Waals surface area contributed by atoms with Crippen LogP contribution in [-0.2, 0) is 6.54 Å². The number of hydrogen-bond donors (Lipinski definition) is 1. The Kier molecular flexibility index (Phi) is 4.06. The second kappa shape index (κ2) is 6.14. The van der Waals surface area contributed by atoms with E-state index in [2.05, 4.69) is 34.8 Å². The zero-order valence-corrected chi connectivity index (χ0v) is 12.5. The van der Waals surface area contributed by atoms with Crippen molar-refractivity contribution in [1.82, 2.24) is 14.9 Å². The SMILES string of the molecule is CCCNC(c1coc2ccccc12)c1nccn1CC. The molecule has 2 heterocycles. The van der Waals surface area contributed by atoms with Gasteiger partial charge in [-0.1, -0.05) is 25.1 Å². The van der Waals surface area contributed by atoms with Crippen LogP contribution in [0.3, 0.4) is 0 Å². The van der Waals surface area contributed by atoms with Gasteiger partial charge in [0, 0.05) is 29.9 Å². The smallest absolute Gasteiger partial charge is 0.134 e. The molecule has 3 aromatic rings. The van der Waals surface area contributed by atoms with Gasteiger partial charge in [-0.05, 0) is 26.0 Å². The Labute approximate surface area is 124 Å². The highest BCUT2D eigenvalue weighted by atomic mass is 16.3. The van der Waals surface area contributed by atoms with Crippen LogP contribution in [0.4, 0.5) is 0 Å². The van der Waals surface area contributed by atoms with E-state index in [0.29, 0.717) is 0 Å². The minimum Gasteiger partial charge on any atom is -0.464 e. The van der Waals surface area contributed by atoms with Gasteiger partial charge < -0.3 is 14.3 Å². The molecule has 4 nitrogen and oxygen atoms in total. The van der Waals surface area contributed by atoms with E-state index in [4.69, 9.17) is 4.42 Å². The van der Waals surface area contributed by atoms with Crippen molar-refractivity contribution in [1.29, 1.82) is 0 Å². The topological polar surface area (TPSA) is 43.0 Å². The molecule has 0 aliphatic carbocycles. The summed E-state index contributed by atoms with van der Waals surface area (Å²) in [6.07, 6.45) is 6.83. The maximum Gasteiger partial charge on any atom is 0.134 e. The number of aromatic nitrogens is 2. The molecule has 0 bridgehead atoms.